The van der Waals surface area contributed by atoms with E-state index in [1.54, 1.807) is 0 Å². The van der Waals surface area contributed by atoms with Gasteiger partial charge in [0.25, 0.3) is 0 Å². The molecule has 0 spiro atoms. The van der Waals surface area contributed by atoms with Gasteiger partial charge in [0.1, 0.15) is 25.4 Å². The zero-order chi connectivity index (χ0) is 16.6. The Morgan fingerprint density at radius 3 is 2.38 bits per heavy atom. The van der Waals surface area contributed by atoms with Crippen molar-refractivity contribution >= 4 is 11.6 Å². The van der Waals surface area contributed by atoms with Crippen LogP contribution in [0.25, 0.3) is 0 Å². The van der Waals surface area contributed by atoms with E-state index in [2.05, 4.69) is 16.4 Å². The lowest BCUT2D eigenvalue weighted by Gasteiger charge is -2.11. The summed E-state index contributed by atoms with van der Waals surface area (Å²) in [5.74, 6) is 0.898. The summed E-state index contributed by atoms with van der Waals surface area (Å²) in [4.78, 5) is 4.34. The topological polar surface area (TPSA) is 38.7 Å². The maximum Gasteiger partial charge on any atom is 0.128 e. The van der Waals surface area contributed by atoms with Crippen LogP contribution in [0.5, 0.6) is 5.75 Å². The minimum Gasteiger partial charge on any atom is -0.488 e. The Morgan fingerprint density at radius 1 is 0.833 bits per heavy atom. The number of hydrogen-bond acceptors (Lipinski definition) is 2. The third-order valence-electron chi connectivity index (χ3n) is 3.76. The highest BCUT2D eigenvalue weighted by Gasteiger charge is 2.07. The fourth-order valence-electron chi connectivity index (χ4n) is 2.48. The predicted molar refractivity (Wildman–Crippen MR) is 95.8 cm³/mol. The average molecular weight is 340 g/mol. The molecule has 0 saturated heterocycles. The first-order chi connectivity index (χ1) is 11.8. The van der Waals surface area contributed by atoms with Crippen molar-refractivity contribution < 1.29 is 10.1 Å². The number of nitrogens with two attached hydrogens (primary N) is 1. The van der Waals surface area contributed by atoms with Gasteiger partial charge in [-0.25, -0.2) is 0 Å². The van der Waals surface area contributed by atoms with Crippen molar-refractivity contribution in [3.63, 3.8) is 0 Å². The lowest BCUT2D eigenvalue weighted by molar-refractivity contribution is -0.686. The summed E-state index contributed by atoms with van der Waals surface area (Å²) < 4.78 is 5.99. The number of ether oxygens (including phenoxy) is 1. The van der Waals surface area contributed by atoms with Gasteiger partial charge in [-0.15, -0.1) is 0 Å². The van der Waals surface area contributed by atoms with Crippen LogP contribution >= 0.6 is 11.6 Å². The Balaban J connectivity index is 1.59. The normalized spacial score (nSPS) is 10.5. The van der Waals surface area contributed by atoms with Crippen LogP contribution in [-0.2, 0) is 19.7 Å². The molecule has 3 aromatic rings. The highest BCUT2D eigenvalue weighted by Crippen LogP contribution is 2.21. The summed E-state index contributed by atoms with van der Waals surface area (Å²) in [6.45, 7) is 2.16. The van der Waals surface area contributed by atoms with E-state index >= 15 is 0 Å². The Bertz CT molecular complexity index is 777. The number of aromatic nitrogens is 1. The molecule has 0 fully saturated rings. The highest BCUT2D eigenvalue weighted by atomic mass is 35.5. The van der Waals surface area contributed by atoms with E-state index in [9.17, 15) is 0 Å². The van der Waals surface area contributed by atoms with Gasteiger partial charge in [-0.2, -0.15) is 0 Å². The van der Waals surface area contributed by atoms with Crippen LogP contribution in [0.4, 0.5) is 0 Å². The first kappa shape index (κ1) is 16.5. The molecular formula is C20H20ClN2O+. The number of nitrogens with zero attached hydrogens (tertiary/aromatic N) is 1. The molecule has 0 aliphatic rings. The van der Waals surface area contributed by atoms with E-state index in [4.69, 9.17) is 16.3 Å². The van der Waals surface area contributed by atoms with Crippen molar-refractivity contribution in [2.45, 2.75) is 19.7 Å². The fraction of sp³-hybridized carbons (Fsp3) is 0.150. The van der Waals surface area contributed by atoms with Crippen LogP contribution in [0.15, 0.2) is 72.9 Å². The van der Waals surface area contributed by atoms with Gasteiger partial charge < -0.3 is 10.1 Å². The molecule has 3 rings (SSSR count). The van der Waals surface area contributed by atoms with E-state index in [1.165, 1.54) is 5.56 Å². The van der Waals surface area contributed by atoms with E-state index < -0.39 is 0 Å². The third kappa shape index (κ3) is 4.57. The molecule has 0 amide bonds. The Hall–Kier alpha value is -2.36. The monoisotopic (exact) mass is 339 g/mol. The molecule has 2 aromatic carbocycles. The molecule has 0 unspecified atom stereocenters. The first-order valence-electron chi connectivity index (χ1n) is 7.98. The zero-order valence-corrected chi connectivity index (χ0v) is 14.1. The molecule has 0 saturated carbocycles. The van der Waals surface area contributed by atoms with Crippen LogP contribution in [0.1, 0.15) is 16.8 Å². The van der Waals surface area contributed by atoms with Crippen LogP contribution in [-0.4, -0.2) is 4.98 Å². The number of para-hydroxylation sites is 1. The van der Waals surface area contributed by atoms with Gasteiger partial charge in [0.2, 0.25) is 0 Å². The molecule has 122 valence electrons. The molecule has 0 aliphatic carbocycles. The highest BCUT2D eigenvalue weighted by molar-refractivity contribution is 6.31. The zero-order valence-electron chi connectivity index (χ0n) is 13.4. The maximum absolute atomic E-state index is 6.19. The van der Waals surface area contributed by atoms with Crippen molar-refractivity contribution in [1.29, 1.82) is 0 Å². The number of halogens is 1. The molecule has 0 atom stereocenters. The Kier molecular flexibility index (Phi) is 5.83. The van der Waals surface area contributed by atoms with E-state index in [0.717, 1.165) is 35.1 Å². The van der Waals surface area contributed by atoms with Crippen LogP contribution in [0.2, 0.25) is 5.02 Å². The molecular weight excluding hydrogens is 320 g/mol. The number of hydrogen-bond donors (Lipinski definition) is 1. The predicted octanol–water partition coefficient (Wildman–Crippen LogP) is 3.58. The van der Waals surface area contributed by atoms with Crippen LogP contribution in [0.3, 0.4) is 0 Å². The maximum atomic E-state index is 6.19. The minimum atomic E-state index is 0.469. The van der Waals surface area contributed by atoms with Gasteiger partial charge in [0.15, 0.2) is 0 Å². The largest absolute Gasteiger partial charge is 0.488 e. The Morgan fingerprint density at radius 2 is 1.58 bits per heavy atom. The third-order valence-corrected chi connectivity index (χ3v) is 4.13. The van der Waals surface area contributed by atoms with Crippen molar-refractivity contribution in [3.8, 4) is 5.75 Å². The summed E-state index contributed by atoms with van der Waals surface area (Å²) in [5, 5.41) is 2.96. The van der Waals surface area contributed by atoms with Crippen molar-refractivity contribution in [2.75, 3.05) is 0 Å². The first-order valence-corrected chi connectivity index (χ1v) is 8.36. The number of rotatable bonds is 7. The lowest BCUT2D eigenvalue weighted by atomic mass is 10.2. The van der Waals surface area contributed by atoms with Crippen LogP contribution < -0.4 is 10.1 Å². The quantitative estimate of drug-likeness (QED) is 0.714. The molecule has 1 heterocycles. The second-order valence-electron chi connectivity index (χ2n) is 5.51. The summed E-state index contributed by atoms with van der Waals surface area (Å²) in [6.07, 6.45) is 1.82. The number of benzene rings is 2. The summed E-state index contributed by atoms with van der Waals surface area (Å²) in [7, 11) is 0. The van der Waals surface area contributed by atoms with Gasteiger partial charge in [0.05, 0.1) is 5.69 Å². The van der Waals surface area contributed by atoms with Crippen molar-refractivity contribution in [3.05, 3.63) is 94.8 Å². The van der Waals surface area contributed by atoms with Gasteiger partial charge >= 0.3 is 0 Å². The molecule has 2 N–H and O–H groups in total. The SMILES string of the molecule is Clc1ccccc1COc1ccccc1C[NH2+]Cc1ccccn1. The summed E-state index contributed by atoms with van der Waals surface area (Å²) >= 11 is 6.19. The lowest BCUT2D eigenvalue weighted by Crippen LogP contribution is -2.80. The van der Waals surface area contributed by atoms with Gasteiger partial charge in [-0.1, -0.05) is 48.0 Å². The number of quaternary nitrogens is 1. The minimum absolute atomic E-state index is 0.469. The molecule has 3 nitrogen and oxygen atoms in total. The van der Waals surface area contributed by atoms with E-state index in [1.807, 2.05) is 66.9 Å². The Labute approximate surface area is 147 Å². The van der Waals surface area contributed by atoms with Crippen LogP contribution in [0, 0.1) is 0 Å². The van der Waals surface area contributed by atoms with Gasteiger partial charge in [-0.05, 0) is 30.3 Å². The standard InChI is InChI=1S/C20H19ClN2O/c21-19-10-3-1-8-17(19)15-24-20-11-4-2-7-16(20)13-22-14-18-9-5-6-12-23-18/h1-12,22H,13-15H2/p+1. The molecule has 24 heavy (non-hydrogen) atoms. The average Bonchev–Trinajstić information content (AvgIpc) is 2.63. The molecule has 4 heteroatoms. The molecule has 0 aliphatic heterocycles. The van der Waals surface area contributed by atoms with Crippen molar-refractivity contribution in [1.82, 2.24) is 4.98 Å². The van der Waals surface area contributed by atoms with Crippen molar-refractivity contribution in [2.24, 2.45) is 0 Å². The summed E-state index contributed by atoms with van der Waals surface area (Å²) in [5.41, 5.74) is 3.24. The van der Waals surface area contributed by atoms with Gasteiger partial charge in [0, 0.05) is 22.3 Å². The second-order valence-corrected chi connectivity index (χ2v) is 5.91. The van der Waals surface area contributed by atoms with E-state index in [0.29, 0.717) is 6.61 Å². The fourth-order valence-corrected chi connectivity index (χ4v) is 2.67. The smallest absolute Gasteiger partial charge is 0.128 e. The molecule has 1 aromatic heterocycles. The van der Waals surface area contributed by atoms with Gasteiger partial charge in [-0.3, -0.25) is 4.98 Å². The second kappa shape index (κ2) is 8.48. The molecule has 0 bridgehead atoms. The van der Waals surface area contributed by atoms with E-state index in [-0.39, 0.29) is 0 Å². The number of pyridine rings is 1. The molecule has 0 radical (unpaired) electrons. The summed E-state index contributed by atoms with van der Waals surface area (Å²) in [6, 6.07) is 21.9.